The zero-order valence-corrected chi connectivity index (χ0v) is 9.71. The Morgan fingerprint density at radius 3 is 2.81 bits per heavy atom. The number of aryl methyl sites for hydroxylation is 1. The van der Waals surface area contributed by atoms with Crippen molar-refractivity contribution < 1.29 is 9.90 Å². The number of carbonyl (C=O) groups is 1. The number of hydrogen-bond donors (Lipinski definition) is 3. The van der Waals surface area contributed by atoms with Gasteiger partial charge in [0.25, 0.3) is 0 Å². The highest BCUT2D eigenvalue weighted by Gasteiger charge is 2.08. The number of aliphatic hydroxyl groups is 1. The fourth-order valence-corrected chi connectivity index (χ4v) is 1.46. The summed E-state index contributed by atoms with van der Waals surface area (Å²) in [6.45, 7) is 4.82. The van der Waals surface area contributed by atoms with E-state index in [1.165, 1.54) is 0 Å². The number of para-hydroxylation sites is 1. The Bertz CT molecular complexity index is 364. The highest BCUT2D eigenvalue weighted by atomic mass is 16.3. The SMILES string of the molecule is CCNCC(=O)Nc1c(C)cccc1CO. The van der Waals surface area contributed by atoms with Crippen LogP contribution in [0.3, 0.4) is 0 Å². The monoisotopic (exact) mass is 222 g/mol. The number of aliphatic hydroxyl groups excluding tert-OH is 1. The summed E-state index contributed by atoms with van der Waals surface area (Å²) in [6.07, 6.45) is 0. The highest BCUT2D eigenvalue weighted by Crippen LogP contribution is 2.20. The Morgan fingerprint density at radius 1 is 1.44 bits per heavy atom. The molecule has 88 valence electrons. The third kappa shape index (κ3) is 3.32. The first-order chi connectivity index (χ1) is 7.69. The van der Waals surface area contributed by atoms with Gasteiger partial charge in [0, 0.05) is 11.3 Å². The van der Waals surface area contributed by atoms with Crippen LogP contribution in [0, 0.1) is 6.92 Å². The molecule has 0 aromatic heterocycles. The second kappa shape index (κ2) is 6.25. The van der Waals surface area contributed by atoms with Crippen molar-refractivity contribution in [3.05, 3.63) is 29.3 Å². The Balaban J connectivity index is 2.75. The van der Waals surface area contributed by atoms with Crippen molar-refractivity contribution in [3.8, 4) is 0 Å². The molecule has 0 bridgehead atoms. The summed E-state index contributed by atoms with van der Waals surface area (Å²) in [5.41, 5.74) is 2.41. The smallest absolute Gasteiger partial charge is 0.238 e. The zero-order valence-electron chi connectivity index (χ0n) is 9.71. The van der Waals surface area contributed by atoms with Gasteiger partial charge < -0.3 is 15.7 Å². The molecular formula is C12H18N2O2. The van der Waals surface area contributed by atoms with Gasteiger partial charge in [-0.15, -0.1) is 0 Å². The van der Waals surface area contributed by atoms with E-state index in [1.807, 2.05) is 26.0 Å². The third-order valence-corrected chi connectivity index (χ3v) is 2.33. The number of benzene rings is 1. The number of amides is 1. The van der Waals surface area contributed by atoms with Crippen LogP contribution < -0.4 is 10.6 Å². The third-order valence-electron chi connectivity index (χ3n) is 2.33. The molecule has 0 saturated heterocycles. The van der Waals surface area contributed by atoms with Crippen LogP contribution in [0.1, 0.15) is 18.1 Å². The summed E-state index contributed by atoms with van der Waals surface area (Å²) < 4.78 is 0. The van der Waals surface area contributed by atoms with Crippen LogP contribution in [0.15, 0.2) is 18.2 Å². The minimum atomic E-state index is -0.0918. The van der Waals surface area contributed by atoms with Crippen molar-refractivity contribution in [2.75, 3.05) is 18.4 Å². The summed E-state index contributed by atoms with van der Waals surface area (Å²) in [5.74, 6) is -0.0918. The maximum atomic E-state index is 11.5. The van der Waals surface area contributed by atoms with Crippen LogP contribution in [0.4, 0.5) is 5.69 Å². The summed E-state index contributed by atoms with van der Waals surface area (Å²) >= 11 is 0. The molecule has 4 nitrogen and oxygen atoms in total. The molecule has 1 aromatic rings. The van der Waals surface area contributed by atoms with E-state index in [1.54, 1.807) is 6.07 Å². The molecule has 0 spiro atoms. The largest absolute Gasteiger partial charge is 0.392 e. The Hall–Kier alpha value is -1.39. The minimum Gasteiger partial charge on any atom is -0.392 e. The molecule has 0 fully saturated rings. The number of nitrogens with one attached hydrogen (secondary N) is 2. The molecule has 3 N–H and O–H groups in total. The van der Waals surface area contributed by atoms with E-state index in [2.05, 4.69) is 10.6 Å². The van der Waals surface area contributed by atoms with Crippen LogP contribution in [-0.2, 0) is 11.4 Å². The van der Waals surface area contributed by atoms with Gasteiger partial charge in [-0.05, 0) is 19.0 Å². The lowest BCUT2D eigenvalue weighted by atomic mass is 10.1. The van der Waals surface area contributed by atoms with Crippen molar-refractivity contribution in [3.63, 3.8) is 0 Å². The van der Waals surface area contributed by atoms with E-state index < -0.39 is 0 Å². The van der Waals surface area contributed by atoms with Crippen LogP contribution in [0.25, 0.3) is 0 Å². The van der Waals surface area contributed by atoms with Gasteiger partial charge in [0.15, 0.2) is 0 Å². The molecule has 16 heavy (non-hydrogen) atoms. The Morgan fingerprint density at radius 2 is 2.19 bits per heavy atom. The summed E-state index contributed by atoms with van der Waals surface area (Å²) in [6, 6.07) is 5.57. The van der Waals surface area contributed by atoms with Crippen LogP contribution in [0.5, 0.6) is 0 Å². The number of carbonyl (C=O) groups excluding carboxylic acids is 1. The van der Waals surface area contributed by atoms with E-state index in [0.717, 1.165) is 17.7 Å². The molecule has 1 amide bonds. The normalized spacial score (nSPS) is 10.2. The summed E-state index contributed by atoms with van der Waals surface area (Å²) in [5, 5.41) is 14.9. The van der Waals surface area contributed by atoms with Gasteiger partial charge in [0.1, 0.15) is 0 Å². The molecule has 1 aromatic carbocycles. The van der Waals surface area contributed by atoms with E-state index in [9.17, 15) is 4.79 Å². The Kier molecular flexibility index (Phi) is 4.95. The topological polar surface area (TPSA) is 61.4 Å². The van der Waals surface area contributed by atoms with Crippen molar-refractivity contribution in [1.82, 2.24) is 5.32 Å². The van der Waals surface area contributed by atoms with E-state index in [-0.39, 0.29) is 19.1 Å². The van der Waals surface area contributed by atoms with Crippen molar-refractivity contribution >= 4 is 11.6 Å². The standard InChI is InChI=1S/C12H18N2O2/c1-3-13-7-11(16)14-12-9(2)5-4-6-10(12)8-15/h4-6,13,15H,3,7-8H2,1-2H3,(H,14,16). The molecule has 0 aliphatic rings. The lowest BCUT2D eigenvalue weighted by Gasteiger charge is -2.12. The molecule has 0 radical (unpaired) electrons. The average Bonchev–Trinajstić information content (AvgIpc) is 2.29. The molecule has 0 aliphatic carbocycles. The van der Waals surface area contributed by atoms with Gasteiger partial charge in [0.05, 0.1) is 13.2 Å². The molecule has 0 atom stereocenters. The molecule has 0 aliphatic heterocycles. The minimum absolute atomic E-state index is 0.0709. The molecule has 4 heteroatoms. The lowest BCUT2D eigenvalue weighted by molar-refractivity contribution is -0.115. The second-order valence-corrected chi connectivity index (χ2v) is 3.60. The van der Waals surface area contributed by atoms with Gasteiger partial charge in [-0.3, -0.25) is 4.79 Å². The Labute approximate surface area is 95.7 Å². The summed E-state index contributed by atoms with van der Waals surface area (Å²) in [4.78, 5) is 11.5. The molecule has 1 rings (SSSR count). The van der Waals surface area contributed by atoms with Gasteiger partial charge in [0.2, 0.25) is 5.91 Å². The number of hydrogen-bond acceptors (Lipinski definition) is 3. The molecule has 0 saturated carbocycles. The van der Waals surface area contributed by atoms with E-state index >= 15 is 0 Å². The van der Waals surface area contributed by atoms with E-state index in [0.29, 0.717) is 5.69 Å². The first kappa shape index (κ1) is 12.7. The maximum absolute atomic E-state index is 11.5. The van der Waals surface area contributed by atoms with Gasteiger partial charge in [-0.1, -0.05) is 25.1 Å². The van der Waals surface area contributed by atoms with Crippen LogP contribution >= 0.6 is 0 Å². The fraction of sp³-hybridized carbons (Fsp3) is 0.417. The van der Waals surface area contributed by atoms with Crippen molar-refractivity contribution in [2.45, 2.75) is 20.5 Å². The molecular weight excluding hydrogens is 204 g/mol. The predicted molar refractivity (Wildman–Crippen MR) is 64.3 cm³/mol. The van der Waals surface area contributed by atoms with E-state index in [4.69, 9.17) is 5.11 Å². The average molecular weight is 222 g/mol. The first-order valence-corrected chi connectivity index (χ1v) is 5.39. The number of anilines is 1. The number of likely N-dealkylation sites (N-methyl/N-ethyl adjacent to an activating group) is 1. The van der Waals surface area contributed by atoms with Crippen LogP contribution in [0.2, 0.25) is 0 Å². The quantitative estimate of drug-likeness (QED) is 0.697. The fourth-order valence-electron chi connectivity index (χ4n) is 1.46. The first-order valence-electron chi connectivity index (χ1n) is 5.39. The maximum Gasteiger partial charge on any atom is 0.238 e. The predicted octanol–water partition coefficient (Wildman–Crippen LogP) is 1.04. The second-order valence-electron chi connectivity index (χ2n) is 3.60. The van der Waals surface area contributed by atoms with Crippen LogP contribution in [-0.4, -0.2) is 24.1 Å². The molecule has 0 heterocycles. The van der Waals surface area contributed by atoms with Gasteiger partial charge in [-0.2, -0.15) is 0 Å². The summed E-state index contributed by atoms with van der Waals surface area (Å²) in [7, 11) is 0. The number of rotatable bonds is 5. The molecule has 0 unspecified atom stereocenters. The van der Waals surface area contributed by atoms with Crippen molar-refractivity contribution in [1.29, 1.82) is 0 Å². The highest BCUT2D eigenvalue weighted by molar-refractivity contribution is 5.93. The lowest BCUT2D eigenvalue weighted by Crippen LogP contribution is -2.28. The van der Waals surface area contributed by atoms with Gasteiger partial charge >= 0.3 is 0 Å². The zero-order chi connectivity index (χ0) is 12.0. The van der Waals surface area contributed by atoms with Crippen molar-refractivity contribution in [2.24, 2.45) is 0 Å². The van der Waals surface area contributed by atoms with Gasteiger partial charge in [-0.25, -0.2) is 0 Å².